The number of rotatable bonds is 5. The number of hydrogen-bond acceptors (Lipinski definition) is 8. The molecule has 0 radical (unpaired) electrons. The van der Waals surface area contributed by atoms with E-state index in [4.69, 9.17) is 14.7 Å². The van der Waals surface area contributed by atoms with Crippen LogP contribution in [0.4, 0.5) is 21.7 Å². The number of aromatic nitrogens is 4. The van der Waals surface area contributed by atoms with Crippen molar-refractivity contribution in [2.75, 3.05) is 48.4 Å². The van der Waals surface area contributed by atoms with Gasteiger partial charge in [0.25, 0.3) is 0 Å². The van der Waals surface area contributed by atoms with E-state index in [-0.39, 0.29) is 11.9 Å². The van der Waals surface area contributed by atoms with Crippen molar-refractivity contribution in [3.63, 3.8) is 0 Å². The van der Waals surface area contributed by atoms with Gasteiger partial charge in [-0.25, -0.2) is 9.37 Å². The maximum absolute atomic E-state index is 14.0. The molecule has 0 saturated carbocycles. The van der Waals surface area contributed by atoms with Gasteiger partial charge in [-0.3, -0.25) is 4.57 Å². The minimum absolute atomic E-state index is 0.244. The Morgan fingerprint density at radius 2 is 2.06 bits per heavy atom. The third-order valence-electron chi connectivity index (χ3n) is 6.37. The first-order chi connectivity index (χ1) is 15.7. The van der Waals surface area contributed by atoms with E-state index >= 15 is 0 Å². The highest BCUT2D eigenvalue weighted by Crippen LogP contribution is 2.42. The van der Waals surface area contributed by atoms with Crippen LogP contribution in [-0.2, 0) is 4.74 Å². The van der Waals surface area contributed by atoms with Gasteiger partial charge in [-0.15, -0.1) is 0 Å². The Balaban J connectivity index is 1.45. The van der Waals surface area contributed by atoms with Crippen molar-refractivity contribution in [1.82, 2.24) is 24.8 Å². The molecule has 2 aromatic heterocycles. The van der Waals surface area contributed by atoms with Crippen molar-refractivity contribution in [2.45, 2.75) is 18.9 Å². The Morgan fingerprint density at radius 3 is 2.84 bits per heavy atom. The molecule has 0 bridgehead atoms. The van der Waals surface area contributed by atoms with E-state index in [1.54, 1.807) is 17.0 Å². The topological polar surface area (TPSA) is 92.2 Å². The molecule has 2 saturated heterocycles. The average molecular weight is 436 g/mol. The fraction of sp³-hybridized carbons (Fsp3) is 0.409. The third-order valence-corrected chi connectivity index (χ3v) is 6.37. The number of hydrogen-bond donors (Lipinski definition) is 3. The van der Waals surface area contributed by atoms with Crippen LogP contribution in [-0.4, -0.2) is 58.4 Å². The van der Waals surface area contributed by atoms with Gasteiger partial charge in [-0.2, -0.15) is 9.97 Å². The zero-order chi connectivity index (χ0) is 21.7. The Bertz CT molecular complexity index is 1180. The largest absolute Gasteiger partial charge is 0.381 e. The number of anilines is 3. The summed E-state index contributed by atoms with van der Waals surface area (Å²) in [5.41, 5.74) is 2.14. The first-order valence-electron chi connectivity index (χ1n) is 11.0. The number of benzene rings is 1. The molecule has 9 nitrogen and oxygen atoms in total. The Kier molecular flexibility index (Phi) is 4.69. The zero-order valence-corrected chi connectivity index (χ0v) is 17.6. The highest BCUT2D eigenvalue weighted by atomic mass is 19.1. The molecule has 1 aromatic carbocycles. The van der Waals surface area contributed by atoms with E-state index in [0.29, 0.717) is 41.9 Å². The fourth-order valence-corrected chi connectivity index (χ4v) is 4.51. The van der Waals surface area contributed by atoms with Gasteiger partial charge >= 0.3 is 0 Å². The van der Waals surface area contributed by atoms with Crippen molar-refractivity contribution >= 4 is 28.4 Å². The van der Waals surface area contributed by atoms with E-state index in [2.05, 4.69) is 32.4 Å². The zero-order valence-electron chi connectivity index (χ0n) is 17.6. The lowest BCUT2D eigenvalue weighted by atomic mass is 10.0. The number of ether oxygens (including phenoxy) is 1. The van der Waals surface area contributed by atoms with Crippen LogP contribution in [0.5, 0.6) is 0 Å². The molecule has 0 spiro atoms. The van der Waals surface area contributed by atoms with Gasteiger partial charge in [0.1, 0.15) is 23.7 Å². The van der Waals surface area contributed by atoms with E-state index < -0.39 is 0 Å². The van der Waals surface area contributed by atoms with E-state index in [1.807, 2.05) is 0 Å². The summed E-state index contributed by atoms with van der Waals surface area (Å²) < 4.78 is 21.3. The van der Waals surface area contributed by atoms with E-state index in [9.17, 15) is 4.39 Å². The van der Waals surface area contributed by atoms with Gasteiger partial charge in [-0.1, -0.05) is 6.58 Å². The summed E-state index contributed by atoms with van der Waals surface area (Å²) in [6.45, 7) is 8.47. The van der Waals surface area contributed by atoms with Crippen LogP contribution in [0.15, 0.2) is 36.9 Å². The molecular weight excluding hydrogens is 411 g/mol. The van der Waals surface area contributed by atoms with Crippen LogP contribution in [0.25, 0.3) is 17.0 Å². The van der Waals surface area contributed by atoms with Gasteiger partial charge in [0, 0.05) is 50.9 Å². The molecule has 0 aliphatic carbocycles. The summed E-state index contributed by atoms with van der Waals surface area (Å²) in [6, 6.07) is 4.77. The SMILES string of the molecule is C=C1Nc2c(NCC3CNC3)nc(-n3cnc4ccc(F)cc43)nc2N1C1CCOCC1. The molecule has 3 aliphatic rings. The molecule has 5 heterocycles. The normalized spacial score (nSPS) is 19.2. The second kappa shape index (κ2) is 7.72. The van der Waals surface area contributed by atoms with Crippen molar-refractivity contribution in [2.24, 2.45) is 5.92 Å². The van der Waals surface area contributed by atoms with Crippen LogP contribution in [0.2, 0.25) is 0 Å². The second-order valence-electron chi connectivity index (χ2n) is 8.51. The quantitative estimate of drug-likeness (QED) is 0.562. The van der Waals surface area contributed by atoms with Gasteiger partial charge in [0.05, 0.1) is 11.0 Å². The van der Waals surface area contributed by atoms with Crippen molar-refractivity contribution < 1.29 is 9.13 Å². The summed E-state index contributed by atoms with van der Waals surface area (Å²) in [5, 5.41) is 10.2. The molecule has 2 fully saturated rings. The summed E-state index contributed by atoms with van der Waals surface area (Å²) >= 11 is 0. The number of nitrogens with zero attached hydrogens (tertiary/aromatic N) is 5. The highest BCUT2D eigenvalue weighted by molar-refractivity contribution is 5.87. The van der Waals surface area contributed by atoms with Gasteiger partial charge in [0.15, 0.2) is 11.6 Å². The standard InChI is InChI=1S/C22H25FN8O/c1-13-27-19-20(25-11-14-9-24-10-14)28-22(29-21(19)31(13)16-4-6-32-7-5-16)30-12-26-17-3-2-15(23)8-18(17)30/h2-3,8,12,14,16,24,27H,1,4-7,9-11H2,(H,25,28,29). The lowest BCUT2D eigenvalue weighted by Gasteiger charge is -2.32. The Hall–Kier alpha value is -3.24. The first-order valence-corrected chi connectivity index (χ1v) is 11.0. The number of halogens is 1. The van der Waals surface area contributed by atoms with Crippen molar-refractivity contribution in [3.8, 4) is 5.95 Å². The average Bonchev–Trinajstić information content (AvgIpc) is 3.33. The smallest absolute Gasteiger partial charge is 0.239 e. The molecule has 3 aliphatic heterocycles. The van der Waals surface area contributed by atoms with Crippen LogP contribution in [0.3, 0.4) is 0 Å². The second-order valence-corrected chi connectivity index (χ2v) is 8.51. The molecule has 0 amide bonds. The number of fused-ring (bicyclic) bond motifs is 2. The van der Waals surface area contributed by atoms with Crippen LogP contribution >= 0.6 is 0 Å². The van der Waals surface area contributed by atoms with E-state index in [1.165, 1.54) is 12.1 Å². The number of nitrogens with one attached hydrogen (secondary N) is 3. The molecular formula is C22H25FN8O. The predicted octanol–water partition coefficient (Wildman–Crippen LogP) is 2.47. The Labute approximate surface area is 184 Å². The molecule has 10 heteroatoms. The molecule has 0 atom stereocenters. The monoisotopic (exact) mass is 436 g/mol. The molecule has 32 heavy (non-hydrogen) atoms. The molecule has 0 unspecified atom stereocenters. The lowest BCUT2D eigenvalue weighted by Crippen LogP contribution is -2.45. The molecule has 3 aromatic rings. The maximum atomic E-state index is 14.0. The highest BCUT2D eigenvalue weighted by Gasteiger charge is 2.35. The summed E-state index contributed by atoms with van der Waals surface area (Å²) in [6.07, 6.45) is 3.44. The third kappa shape index (κ3) is 3.26. The predicted molar refractivity (Wildman–Crippen MR) is 121 cm³/mol. The van der Waals surface area contributed by atoms with Crippen LogP contribution in [0, 0.1) is 11.7 Å². The fourth-order valence-electron chi connectivity index (χ4n) is 4.51. The van der Waals surface area contributed by atoms with Crippen molar-refractivity contribution in [1.29, 1.82) is 0 Å². The minimum atomic E-state index is -0.324. The van der Waals surface area contributed by atoms with Crippen LogP contribution < -0.4 is 20.9 Å². The van der Waals surface area contributed by atoms with Gasteiger partial charge in [0.2, 0.25) is 5.95 Å². The Morgan fingerprint density at radius 1 is 1.22 bits per heavy atom. The number of imidazole rings is 1. The first kappa shape index (κ1) is 19.4. The minimum Gasteiger partial charge on any atom is -0.381 e. The van der Waals surface area contributed by atoms with Gasteiger partial charge in [-0.05, 0) is 25.0 Å². The summed E-state index contributed by atoms with van der Waals surface area (Å²) in [4.78, 5) is 16.3. The maximum Gasteiger partial charge on any atom is 0.239 e. The summed E-state index contributed by atoms with van der Waals surface area (Å²) in [7, 11) is 0. The van der Waals surface area contributed by atoms with Crippen LogP contribution in [0.1, 0.15) is 12.8 Å². The molecule has 3 N–H and O–H groups in total. The molecule has 6 rings (SSSR count). The van der Waals surface area contributed by atoms with Crippen molar-refractivity contribution in [3.05, 3.63) is 42.7 Å². The lowest BCUT2D eigenvalue weighted by molar-refractivity contribution is 0.0859. The molecule has 166 valence electrons. The van der Waals surface area contributed by atoms with Gasteiger partial charge < -0.3 is 25.6 Å². The summed E-state index contributed by atoms with van der Waals surface area (Å²) in [5.74, 6) is 2.96. The van der Waals surface area contributed by atoms with E-state index in [0.717, 1.165) is 49.8 Å².